The normalized spacial score (nSPS) is 10.8. The third-order valence-electron chi connectivity index (χ3n) is 5.27. The van der Waals surface area contributed by atoms with Crippen molar-refractivity contribution < 1.29 is 24.9 Å². The molecule has 0 radical (unpaired) electrons. The molecule has 0 aliphatic rings. The highest BCUT2D eigenvalue weighted by Gasteiger charge is 2.24. The van der Waals surface area contributed by atoms with Gasteiger partial charge in [-0.05, 0) is 24.3 Å². The average Bonchev–Trinajstić information content (AvgIpc) is 3.20. The monoisotopic (exact) mass is 480 g/mol. The van der Waals surface area contributed by atoms with Crippen LogP contribution in [-0.2, 0) is 6.54 Å². The molecule has 0 spiro atoms. The maximum Gasteiger partial charge on any atom is 0.319 e. The van der Waals surface area contributed by atoms with Crippen LogP contribution in [0.25, 0.3) is 17.1 Å². The molecular weight excluding hydrogens is 460 g/mol. The van der Waals surface area contributed by atoms with Crippen LogP contribution in [0.2, 0.25) is 5.02 Å². The summed E-state index contributed by atoms with van der Waals surface area (Å²) < 4.78 is 6.58. The fourth-order valence-corrected chi connectivity index (χ4v) is 3.82. The molecule has 174 valence electrons. The minimum absolute atomic E-state index is 0.0320. The molecule has 4 aromatic rings. The van der Waals surface area contributed by atoms with Crippen molar-refractivity contribution in [2.45, 2.75) is 6.54 Å². The number of phenolic OH excluding ortho intramolecular Hbond substituents is 2. The molecule has 0 atom stereocenters. The van der Waals surface area contributed by atoms with Crippen LogP contribution in [0.15, 0.2) is 60.7 Å². The van der Waals surface area contributed by atoms with Crippen molar-refractivity contribution in [3.63, 3.8) is 0 Å². The predicted molar refractivity (Wildman–Crippen MR) is 126 cm³/mol. The van der Waals surface area contributed by atoms with E-state index in [1.807, 2.05) is 18.2 Å². The largest absolute Gasteiger partial charge is 0.507 e. The van der Waals surface area contributed by atoms with E-state index in [1.165, 1.54) is 15.5 Å². The Bertz CT molecular complexity index is 1370. The summed E-state index contributed by atoms with van der Waals surface area (Å²) in [5.41, 5.74) is 1.15. The van der Waals surface area contributed by atoms with Gasteiger partial charge in [-0.25, -0.2) is 4.57 Å². The van der Waals surface area contributed by atoms with Gasteiger partial charge in [-0.2, -0.15) is 0 Å². The van der Waals surface area contributed by atoms with E-state index in [0.717, 1.165) is 11.6 Å². The predicted octanol–water partition coefficient (Wildman–Crippen LogP) is 3.99. The van der Waals surface area contributed by atoms with Gasteiger partial charge >= 0.3 is 6.01 Å². The number of hydrogen-bond donors (Lipinski definition) is 3. The van der Waals surface area contributed by atoms with Crippen LogP contribution >= 0.6 is 11.6 Å². The number of hydrogen-bond acceptors (Lipinski definition) is 7. The van der Waals surface area contributed by atoms with Gasteiger partial charge < -0.3 is 25.0 Å². The molecule has 1 heterocycles. The SMILES string of the molecule is COc1ccccc1CN(C)C(=O)c1cc(-c2nnc(O)n2-c2ccccc2Cl)c(O)cc1O. The summed E-state index contributed by atoms with van der Waals surface area (Å²) >= 11 is 6.28. The lowest BCUT2D eigenvalue weighted by molar-refractivity contribution is 0.0781. The van der Waals surface area contributed by atoms with E-state index < -0.39 is 17.7 Å². The minimum atomic E-state index is -0.502. The van der Waals surface area contributed by atoms with Crippen LogP contribution < -0.4 is 4.74 Å². The van der Waals surface area contributed by atoms with E-state index in [2.05, 4.69) is 10.2 Å². The van der Waals surface area contributed by atoms with Crippen molar-refractivity contribution >= 4 is 17.5 Å². The number of carbonyl (C=O) groups is 1. The Morgan fingerprint density at radius 3 is 2.47 bits per heavy atom. The molecule has 34 heavy (non-hydrogen) atoms. The highest BCUT2D eigenvalue weighted by atomic mass is 35.5. The number of methoxy groups -OCH3 is 1. The molecule has 0 saturated heterocycles. The summed E-state index contributed by atoms with van der Waals surface area (Å²) in [6.45, 7) is 0.217. The molecule has 0 saturated carbocycles. The molecular formula is C24H21ClN4O5. The summed E-state index contributed by atoms with van der Waals surface area (Å²) in [6, 6.07) is 15.9. The standard InChI is InChI=1S/C24H21ClN4O5/c1-28(13-14-7-3-6-10-21(14)34-2)23(32)16-11-15(19(30)12-20(16)31)22-26-27-24(33)29(22)18-9-5-4-8-17(18)25/h3-12,30-31H,13H2,1-2H3,(H,27,33). The zero-order valence-electron chi connectivity index (χ0n) is 18.3. The number of ether oxygens (including phenoxy) is 1. The highest BCUT2D eigenvalue weighted by Crippen LogP contribution is 2.38. The molecule has 1 aromatic heterocycles. The van der Waals surface area contributed by atoms with Gasteiger partial charge in [0, 0.05) is 25.2 Å². The van der Waals surface area contributed by atoms with Crippen molar-refractivity contribution in [1.82, 2.24) is 19.7 Å². The number of amides is 1. The summed E-state index contributed by atoms with van der Waals surface area (Å²) in [7, 11) is 3.13. The molecule has 3 aromatic carbocycles. The van der Waals surface area contributed by atoms with Crippen LogP contribution in [-0.4, -0.2) is 55.0 Å². The topological polar surface area (TPSA) is 121 Å². The van der Waals surface area contributed by atoms with Crippen molar-refractivity contribution in [1.29, 1.82) is 0 Å². The van der Waals surface area contributed by atoms with Gasteiger partial charge in [0.25, 0.3) is 5.91 Å². The first kappa shape index (κ1) is 22.9. The van der Waals surface area contributed by atoms with Crippen molar-refractivity contribution in [3.8, 4) is 40.3 Å². The van der Waals surface area contributed by atoms with Gasteiger partial charge in [-0.15, -0.1) is 5.10 Å². The second-order valence-electron chi connectivity index (χ2n) is 7.47. The summed E-state index contributed by atoms with van der Waals surface area (Å²) in [4.78, 5) is 14.6. The number of benzene rings is 3. The van der Waals surface area contributed by atoms with E-state index in [-0.39, 0.29) is 29.2 Å². The second kappa shape index (κ2) is 9.32. The number of phenols is 2. The van der Waals surface area contributed by atoms with Gasteiger partial charge in [0.1, 0.15) is 17.2 Å². The molecule has 0 unspecified atom stereocenters. The van der Waals surface area contributed by atoms with Gasteiger partial charge in [-0.3, -0.25) is 4.79 Å². The molecule has 0 aliphatic heterocycles. The molecule has 1 amide bonds. The van der Waals surface area contributed by atoms with Crippen LogP contribution in [0, 0.1) is 0 Å². The number of nitrogens with zero attached hydrogens (tertiary/aromatic N) is 4. The van der Waals surface area contributed by atoms with Crippen molar-refractivity contribution in [2.75, 3.05) is 14.2 Å². The van der Waals surface area contributed by atoms with Crippen LogP contribution in [0.3, 0.4) is 0 Å². The molecule has 10 heteroatoms. The van der Waals surface area contributed by atoms with Crippen LogP contribution in [0.4, 0.5) is 0 Å². The summed E-state index contributed by atoms with van der Waals surface area (Å²) in [6.07, 6.45) is 0. The Balaban J connectivity index is 1.75. The Morgan fingerprint density at radius 1 is 1.03 bits per heavy atom. The lowest BCUT2D eigenvalue weighted by Crippen LogP contribution is -2.26. The Labute approximate surface area is 200 Å². The van der Waals surface area contributed by atoms with E-state index in [1.54, 1.807) is 44.5 Å². The Hall–Kier alpha value is -4.24. The third-order valence-corrected chi connectivity index (χ3v) is 5.59. The number of aromatic hydroxyl groups is 3. The minimum Gasteiger partial charge on any atom is -0.507 e. The molecule has 0 fully saturated rings. The van der Waals surface area contributed by atoms with E-state index >= 15 is 0 Å². The molecule has 9 nitrogen and oxygen atoms in total. The Kier molecular flexibility index (Phi) is 6.29. The highest BCUT2D eigenvalue weighted by molar-refractivity contribution is 6.32. The molecule has 0 aliphatic carbocycles. The summed E-state index contributed by atoms with van der Waals surface area (Å²) in [5, 5.41) is 39.2. The fraction of sp³-hybridized carbons (Fsp3) is 0.125. The first-order chi connectivity index (χ1) is 16.3. The maximum absolute atomic E-state index is 13.2. The van der Waals surface area contributed by atoms with Gasteiger partial charge in [0.2, 0.25) is 0 Å². The molecule has 0 bridgehead atoms. The third kappa shape index (κ3) is 4.20. The van der Waals surface area contributed by atoms with Crippen molar-refractivity contribution in [3.05, 3.63) is 76.8 Å². The average molecular weight is 481 g/mol. The fourth-order valence-electron chi connectivity index (χ4n) is 3.60. The zero-order chi connectivity index (χ0) is 24.4. The maximum atomic E-state index is 13.2. The van der Waals surface area contributed by atoms with E-state index in [4.69, 9.17) is 16.3 Å². The summed E-state index contributed by atoms with van der Waals surface area (Å²) in [5.74, 6) is -0.614. The zero-order valence-corrected chi connectivity index (χ0v) is 19.1. The van der Waals surface area contributed by atoms with Crippen molar-refractivity contribution in [2.24, 2.45) is 0 Å². The molecule has 4 rings (SSSR count). The smallest absolute Gasteiger partial charge is 0.319 e. The number of carbonyl (C=O) groups excluding carboxylic acids is 1. The van der Waals surface area contributed by atoms with Gasteiger partial charge in [0.15, 0.2) is 5.82 Å². The second-order valence-corrected chi connectivity index (χ2v) is 7.88. The van der Waals surface area contributed by atoms with E-state index in [0.29, 0.717) is 16.5 Å². The number of rotatable bonds is 6. The first-order valence-electron chi connectivity index (χ1n) is 10.1. The first-order valence-corrected chi connectivity index (χ1v) is 10.5. The number of aromatic nitrogens is 3. The van der Waals surface area contributed by atoms with E-state index in [9.17, 15) is 20.1 Å². The number of para-hydroxylation sites is 2. The Morgan fingerprint density at radius 2 is 1.74 bits per heavy atom. The van der Waals surface area contributed by atoms with Crippen LogP contribution in [0.5, 0.6) is 23.3 Å². The van der Waals surface area contributed by atoms with Crippen LogP contribution in [0.1, 0.15) is 15.9 Å². The molecule has 3 N–H and O–H groups in total. The van der Waals surface area contributed by atoms with Gasteiger partial charge in [0.05, 0.1) is 28.9 Å². The lowest BCUT2D eigenvalue weighted by atomic mass is 10.1. The quantitative estimate of drug-likeness (QED) is 0.381. The lowest BCUT2D eigenvalue weighted by Gasteiger charge is -2.20. The van der Waals surface area contributed by atoms with Gasteiger partial charge in [-0.1, -0.05) is 47.0 Å². The number of halogens is 1.